The molecule has 0 aliphatic carbocycles. The van der Waals surface area contributed by atoms with Crippen LogP contribution < -0.4 is 0 Å². The van der Waals surface area contributed by atoms with Crippen molar-refractivity contribution in [1.29, 1.82) is 0 Å². The summed E-state index contributed by atoms with van der Waals surface area (Å²) in [5.74, 6) is 0.654. The molecule has 4 nitrogen and oxygen atoms in total. The van der Waals surface area contributed by atoms with Crippen LogP contribution in [0.4, 0.5) is 0 Å². The minimum absolute atomic E-state index is 0.654. The van der Waals surface area contributed by atoms with Gasteiger partial charge in [0.25, 0.3) is 0 Å². The highest BCUT2D eigenvalue weighted by atomic mass is 16.3. The second-order valence-corrected chi connectivity index (χ2v) is 13.0. The first-order chi connectivity index (χ1) is 24.8. The molecule has 0 aliphatic rings. The number of para-hydroxylation sites is 2. The number of hydrogen-bond donors (Lipinski definition) is 0. The van der Waals surface area contributed by atoms with Gasteiger partial charge in [-0.1, -0.05) is 115 Å². The maximum atomic E-state index is 6.15. The first-order valence-corrected chi connectivity index (χ1v) is 16.9. The van der Waals surface area contributed by atoms with E-state index >= 15 is 0 Å². The second kappa shape index (κ2) is 10.4. The van der Waals surface area contributed by atoms with Crippen LogP contribution in [0, 0.1) is 0 Å². The monoisotopic (exact) mass is 637 g/mol. The predicted octanol–water partition coefficient (Wildman–Crippen LogP) is 12.3. The van der Waals surface area contributed by atoms with Gasteiger partial charge in [-0.15, -0.1) is 0 Å². The van der Waals surface area contributed by atoms with E-state index in [1.165, 1.54) is 26.9 Å². The molecule has 11 aromatic rings. The van der Waals surface area contributed by atoms with Crippen molar-refractivity contribution in [3.8, 4) is 28.3 Å². The van der Waals surface area contributed by atoms with Crippen molar-refractivity contribution >= 4 is 76.2 Å². The summed E-state index contributed by atoms with van der Waals surface area (Å²) in [5, 5.41) is 10.4. The van der Waals surface area contributed by atoms with Crippen LogP contribution in [-0.4, -0.2) is 14.5 Å². The van der Waals surface area contributed by atoms with Gasteiger partial charge in [0.05, 0.1) is 22.2 Å². The predicted molar refractivity (Wildman–Crippen MR) is 207 cm³/mol. The zero-order valence-corrected chi connectivity index (χ0v) is 26.8. The molecule has 0 bridgehead atoms. The molecular formula is C46H27N3O. The highest BCUT2D eigenvalue weighted by molar-refractivity contribution is 6.22. The van der Waals surface area contributed by atoms with Crippen LogP contribution >= 0.6 is 0 Å². The Hall–Kier alpha value is -6.78. The number of aromatic nitrogens is 3. The molecule has 3 aromatic heterocycles. The van der Waals surface area contributed by atoms with E-state index in [9.17, 15) is 0 Å². The zero-order chi connectivity index (χ0) is 32.8. The Balaban J connectivity index is 1.19. The summed E-state index contributed by atoms with van der Waals surface area (Å²) in [4.78, 5) is 10.6. The van der Waals surface area contributed by atoms with Gasteiger partial charge in [-0.3, -0.25) is 4.57 Å². The number of hydrogen-bond acceptors (Lipinski definition) is 3. The van der Waals surface area contributed by atoms with Crippen LogP contribution in [0.25, 0.3) is 105 Å². The van der Waals surface area contributed by atoms with E-state index in [4.69, 9.17) is 14.4 Å². The summed E-state index contributed by atoms with van der Waals surface area (Å²) in [7, 11) is 0. The van der Waals surface area contributed by atoms with Gasteiger partial charge in [0.1, 0.15) is 11.2 Å². The van der Waals surface area contributed by atoms with Gasteiger partial charge >= 0.3 is 0 Å². The fourth-order valence-electron chi connectivity index (χ4n) is 7.81. The minimum Gasteiger partial charge on any atom is -0.456 e. The van der Waals surface area contributed by atoms with Gasteiger partial charge in [-0.05, 0) is 81.2 Å². The molecule has 11 rings (SSSR count). The van der Waals surface area contributed by atoms with Crippen LogP contribution in [0.1, 0.15) is 0 Å². The van der Waals surface area contributed by atoms with Crippen molar-refractivity contribution in [3.63, 3.8) is 0 Å². The van der Waals surface area contributed by atoms with Crippen LogP contribution in [0.3, 0.4) is 0 Å². The third-order valence-electron chi connectivity index (χ3n) is 10.2. The summed E-state index contributed by atoms with van der Waals surface area (Å²) in [5.41, 5.74) is 9.14. The Morgan fingerprint density at radius 1 is 0.400 bits per heavy atom. The minimum atomic E-state index is 0.654. The Bertz CT molecular complexity index is 3170. The highest BCUT2D eigenvalue weighted by Gasteiger charge is 2.20. The Morgan fingerprint density at radius 3 is 1.94 bits per heavy atom. The van der Waals surface area contributed by atoms with Gasteiger partial charge in [0.15, 0.2) is 0 Å². The normalized spacial score (nSPS) is 12.0. The van der Waals surface area contributed by atoms with E-state index in [2.05, 4.69) is 156 Å². The van der Waals surface area contributed by atoms with E-state index in [1.807, 2.05) is 12.1 Å². The van der Waals surface area contributed by atoms with Crippen molar-refractivity contribution < 1.29 is 4.42 Å². The molecule has 0 N–H and O–H groups in total. The van der Waals surface area contributed by atoms with E-state index in [-0.39, 0.29) is 0 Å². The van der Waals surface area contributed by atoms with Gasteiger partial charge in [-0.2, -0.15) is 0 Å². The first-order valence-electron chi connectivity index (χ1n) is 16.9. The molecule has 4 heteroatoms. The lowest BCUT2D eigenvalue weighted by Crippen LogP contribution is -2.03. The van der Waals surface area contributed by atoms with Gasteiger partial charge in [-0.25, -0.2) is 9.97 Å². The number of benzene rings is 8. The van der Waals surface area contributed by atoms with Crippen LogP contribution in [0.5, 0.6) is 0 Å². The smallest absolute Gasteiger partial charge is 0.235 e. The molecular weight excluding hydrogens is 611 g/mol. The SMILES string of the molecule is c1ccc2cc(-c3nc(-n4c5ccc(-c6ccc7oc8ccccc8c7c6)cc5c5c6ccccc6ccc54)nc4ccccc34)ccc2c1. The molecule has 0 saturated heterocycles. The molecule has 0 radical (unpaired) electrons. The van der Waals surface area contributed by atoms with E-state index in [1.54, 1.807) is 0 Å². The van der Waals surface area contributed by atoms with Gasteiger partial charge in [0.2, 0.25) is 5.95 Å². The Kier molecular flexibility index (Phi) is 5.63. The summed E-state index contributed by atoms with van der Waals surface area (Å²) in [6.45, 7) is 0. The van der Waals surface area contributed by atoms with Crippen molar-refractivity contribution in [2.45, 2.75) is 0 Å². The number of fused-ring (bicyclic) bond motifs is 10. The molecule has 232 valence electrons. The third kappa shape index (κ3) is 3.99. The molecule has 8 aromatic carbocycles. The van der Waals surface area contributed by atoms with Crippen LogP contribution in [0.2, 0.25) is 0 Å². The van der Waals surface area contributed by atoms with Gasteiger partial charge in [0, 0.05) is 32.5 Å². The Morgan fingerprint density at radius 2 is 1.04 bits per heavy atom. The maximum absolute atomic E-state index is 6.15. The topological polar surface area (TPSA) is 43.9 Å². The summed E-state index contributed by atoms with van der Waals surface area (Å²) >= 11 is 0. The fraction of sp³-hybridized carbons (Fsp3) is 0. The maximum Gasteiger partial charge on any atom is 0.235 e. The van der Waals surface area contributed by atoms with E-state index in [0.717, 1.165) is 71.6 Å². The van der Waals surface area contributed by atoms with Crippen molar-refractivity contribution in [3.05, 3.63) is 164 Å². The molecule has 0 atom stereocenters. The molecule has 0 saturated carbocycles. The molecule has 0 unspecified atom stereocenters. The lowest BCUT2D eigenvalue weighted by molar-refractivity contribution is 0.669. The van der Waals surface area contributed by atoms with Gasteiger partial charge < -0.3 is 4.42 Å². The lowest BCUT2D eigenvalue weighted by Gasteiger charge is -2.12. The fourth-order valence-corrected chi connectivity index (χ4v) is 7.81. The summed E-state index contributed by atoms with van der Waals surface area (Å²) in [6.07, 6.45) is 0. The van der Waals surface area contributed by atoms with Crippen LogP contribution in [0.15, 0.2) is 168 Å². The quantitative estimate of drug-likeness (QED) is 0.194. The summed E-state index contributed by atoms with van der Waals surface area (Å²) < 4.78 is 8.39. The summed E-state index contributed by atoms with van der Waals surface area (Å²) in [6, 6.07) is 57.9. The first kappa shape index (κ1) is 27.2. The molecule has 0 fully saturated rings. The molecule has 0 amide bonds. The zero-order valence-electron chi connectivity index (χ0n) is 26.8. The number of rotatable bonds is 3. The Labute approximate surface area is 286 Å². The van der Waals surface area contributed by atoms with Crippen LogP contribution in [-0.2, 0) is 0 Å². The molecule has 50 heavy (non-hydrogen) atoms. The molecule has 0 aliphatic heterocycles. The standard InChI is InChI=1S/C46H27N3O/c1-2-11-30-25-33(18-17-28(30)9-1)45-36-14-5-7-15-39(36)47-46(48-45)49-40-22-20-31(27-38(40)44-34-12-4-3-10-29(34)19-23-41(44)49)32-21-24-43-37(26-32)35-13-6-8-16-42(35)50-43/h1-27H. The van der Waals surface area contributed by atoms with E-state index < -0.39 is 0 Å². The lowest BCUT2D eigenvalue weighted by atomic mass is 9.99. The number of furan rings is 1. The molecule has 3 heterocycles. The third-order valence-corrected chi connectivity index (χ3v) is 10.2. The molecule has 0 spiro atoms. The van der Waals surface area contributed by atoms with Crippen molar-refractivity contribution in [2.75, 3.05) is 0 Å². The van der Waals surface area contributed by atoms with Crippen molar-refractivity contribution in [2.24, 2.45) is 0 Å². The largest absolute Gasteiger partial charge is 0.456 e. The van der Waals surface area contributed by atoms with E-state index in [0.29, 0.717) is 5.95 Å². The highest BCUT2D eigenvalue weighted by Crippen LogP contribution is 2.40. The average Bonchev–Trinajstić information content (AvgIpc) is 3.72. The number of nitrogens with zero attached hydrogens (tertiary/aromatic N) is 3. The average molecular weight is 638 g/mol. The second-order valence-electron chi connectivity index (χ2n) is 13.0. The van der Waals surface area contributed by atoms with Crippen molar-refractivity contribution in [1.82, 2.24) is 14.5 Å².